The number of carbonyl (C=O) groups is 1. The van der Waals surface area contributed by atoms with Crippen LogP contribution < -0.4 is 5.32 Å². The summed E-state index contributed by atoms with van der Waals surface area (Å²) in [5.41, 5.74) is 2.69. The van der Waals surface area contributed by atoms with Crippen LogP contribution in [-0.2, 0) is 17.6 Å². The van der Waals surface area contributed by atoms with Gasteiger partial charge in [-0.05, 0) is 43.2 Å². The van der Waals surface area contributed by atoms with Crippen molar-refractivity contribution in [1.29, 1.82) is 0 Å². The minimum Gasteiger partial charge on any atom is -0.393 e. The number of nitrogens with one attached hydrogen (secondary N) is 1. The van der Waals surface area contributed by atoms with E-state index in [0.29, 0.717) is 13.0 Å². The van der Waals surface area contributed by atoms with Gasteiger partial charge in [-0.1, -0.05) is 31.2 Å². The fourth-order valence-corrected chi connectivity index (χ4v) is 2.63. The number of carbonyl (C=O) groups excluding carboxylic acids is 1. The van der Waals surface area contributed by atoms with E-state index in [1.54, 1.807) is 0 Å². The summed E-state index contributed by atoms with van der Waals surface area (Å²) in [6.45, 7) is 2.52. The van der Waals surface area contributed by atoms with Crippen molar-refractivity contribution in [2.24, 2.45) is 5.92 Å². The van der Waals surface area contributed by atoms with Crippen LogP contribution in [0.2, 0.25) is 0 Å². The summed E-state index contributed by atoms with van der Waals surface area (Å²) in [6, 6.07) is 8.37. The Labute approximate surface area is 115 Å². The van der Waals surface area contributed by atoms with Gasteiger partial charge in [0, 0.05) is 12.5 Å². The highest BCUT2D eigenvalue weighted by molar-refractivity contribution is 5.79. The van der Waals surface area contributed by atoms with E-state index in [-0.39, 0.29) is 17.9 Å². The third-order valence-corrected chi connectivity index (χ3v) is 3.97. The molecule has 0 saturated carbocycles. The van der Waals surface area contributed by atoms with Crippen LogP contribution >= 0.6 is 0 Å². The Morgan fingerprint density at radius 2 is 2.16 bits per heavy atom. The highest BCUT2D eigenvalue weighted by Crippen LogP contribution is 2.25. The molecule has 0 heterocycles. The molecule has 2 N–H and O–H groups in total. The summed E-state index contributed by atoms with van der Waals surface area (Å²) in [5, 5.41) is 12.4. The molecule has 3 nitrogen and oxygen atoms in total. The molecule has 2 unspecified atom stereocenters. The van der Waals surface area contributed by atoms with Gasteiger partial charge in [0.1, 0.15) is 0 Å². The number of aliphatic hydroxyl groups is 1. The van der Waals surface area contributed by atoms with E-state index < -0.39 is 0 Å². The first kappa shape index (κ1) is 14.1. The number of hydrogen-bond donors (Lipinski definition) is 2. The monoisotopic (exact) mass is 261 g/mol. The third-order valence-electron chi connectivity index (χ3n) is 3.97. The largest absolute Gasteiger partial charge is 0.393 e. The standard InChI is InChI=1S/C16H23NO2/c1-2-15(18)9-10-17-16(19)14-8-7-12-5-3-4-6-13(12)11-14/h3-6,14-15,18H,2,7-11H2,1H3,(H,17,19). The molecule has 0 spiro atoms. The lowest BCUT2D eigenvalue weighted by molar-refractivity contribution is -0.125. The fraction of sp³-hybridized carbons (Fsp3) is 0.562. The summed E-state index contributed by atoms with van der Waals surface area (Å²) in [7, 11) is 0. The number of amides is 1. The van der Waals surface area contributed by atoms with Crippen LogP contribution in [0.5, 0.6) is 0 Å². The molecule has 1 aliphatic rings. The van der Waals surface area contributed by atoms with Gasteiger partial charge in [-0.25, -0.2) is 0 Å². The van der Waals surface area contributed by atoms with E-state index in [4.69, 9.17) is 0 Å². The first-order valence-electron chi connectivity index (χ1n) is 7.23. The lowest BCUT2D eigenvalue weighted by atomic mass is 9.83. The number of aliphatic hydroxyl groups excluding tert-OH is 1. The van der Waals surface area contributed by atoms with Crippen LogP contribution in [0.3, 0.4) is 0 Å². The average molecular weight is 261 g/mol. The molecule has 3 heteroatoms. The highest BCUT2D eigenvalue weighted by Gasteiger charge is 2.24. The first-order chi connectivity index (χ1) is 9.20. The molecule has 19 heavy (non-hydrogen) atoms. The van der Waals surface area contributed by atoms with Crippen LogP contribution in [0.4, 0.5) is 0 Å². The molecule has 0 radical (unpaired) electrons. The molecule has 1 aromatic rings. The topological polar surface area (TPSA) is 49.3 Å². The normalized spacial score (nSPS) is 19.6. The predicted molar refractivity (Wildman–Crippen MR) is 75.9 cm³/mol. The molecule has 0 aliphatic heterocycles. The van der Waals surface area contributed by atoms with Crippen molar-refractivity contribution in [2.75, 3.05) is 6.54 Å². The van der Waals surface area contributed by atoms with Crippen LogP contribution in [0.1, 0.15) is 37.3 Å². The SMILES string of the molecule is CCC(O)CCNC(=O)C1CCc2ccccc2C1. The van der Waals surface area contributed by atoms with Gasteiger partial charge < -0.3 is 10.4 Å². The molecule has 1 aromatic carbocycles. The minimum absolute atomic E-state index is 0.0914. The van der Waals surface area contributed by atoms with Crippen molar-refractivity contribution in [3.05, 3.63) is 35.4 Å². The van der Waals surface area contributed by atoms with E-state index in [2.05, 4.69) is 23.5 Å². The van der Waals surface area contributed by atoms with E-state index in [0.717, 1.165) is 25.7 Å². The zero-order valence-corrected chi connectivity index (χ0v) is 11.6. The maximum absolute atomic E-state index is 12.1. The van der Waals surface area contributed by atoms with E-state index in [1.807, 2.05) is 13.0 Å². The summed E-state index contributed by atoms with van der Waals surface area (Å²) in [4.78, 5) is 12.1. The smallest absolute Gasteiger partial charge is 0.223 e. The first-order valence-corrected chi connectivity index (χ1v) is 7.23. The molecule has 104 valence electrons. The molecule has 0 fully saturated rings. The van der Waals surface area contributed by atoms with Gasteiger partial charge in [0.2, 0.25) is 5.91 Å². The van der Waals surface area contributed by atoms with E-state index in [1.165, 1.54) is 11.1 Å². The second kappa shape index (κ2) is 6.71. The fourth-order valence-electron chi connectivity index (χ4n) is 2.63. The second-order valence-electron chi connectivity index (χ2n) is 5.35. The highest BCUT2D eigenvalue weighted by atomic mass is 16.3. The number of benzene rings is 1. The molecule has 0 bridgehead atoms. The quantitative estimate of drug-likeness (QED) is 0.852. The maximum Gasteiger partial charge on any atom is 0.223 e. The minimum atomic E-state index is -0.299. The number of aryl methyl sites for hydroxylation is 1. The zero-order chi connectivity index (χ0) is 13.7. The van der Waals surface area contributed by atoms with E-state index in [9.17, 15) is 9.90 Å². The summed E-state index contributed by atoms with van der Waals surface area (Å²) < 4.78 is 0. The Bertz CT molecular complexity index is 431. The number of rotatable bonds is 5. The van der Waals surface area contributed by atoms with Crippen LogP contribution in [0, 0.1) is 5.92 Å². The second-order valence-corrected chi connectivity index (χ2v) is 5.35. The Hall–Kier alpha value is -1.35. The van der Waals surface area contributed by atoms with Crippen molar-refractivity contribution >= 4 is 5.91 Å². The Kier molecular flexibility index (Phi) is 4.97. The predicted octanol–water partition coefficient (Wildman–Crippen LogP) is 2.07. The van der Waals surface area contributed by atoms with Gasteiger partial charge in [-0.3, -0.25) is 4.79 Å². The van der Waals surface area contributed by atoms with Crippen LogP contribution in [-0.4, -0.2) is 23.7 Å². The average Bonchev–Trinajstić information content (AvgIpc) is 2.46. The molecule has 0 saturated heterocycles. The van der Waals surface area contributed by atoms with Gasteiger partial charge in [0.25, 0.3) is 0 Å². The molecule has 2 rings (SSSR count). The van der Waals surface area contributed by atoms with Crippen LogP contribution in [0.15, 0.2) is 24.3 Å². The summed E-state index contributed by atoms with van der Waals surface area (Å²) >= 11 is 0. The Balaban J connectivity index is 1.82. The van der Waals surface area contributed by atoms with Gasteiger partial charge in [-0.2, -0.15) is 0 Å². The summed E-state index contributed by atoms with van der Waals surface area (Å²) in [6.07, 6.45) is 3.86. The van der Waals surface area contributed by atoms with Crippen molar-refractivity contribution in [1.82, 2.24) is 5.32 Å². The number of fused-ring (bicyclic) bond motifs is 1. The zero-order valence-electron chi connectivity index (χ0n) is 11.6. The van der Waals surface area contributed by atoms with Crippen molar-refractivity contribution in [3.63, 3.8) is 0 Å². The van der Waals surface area contributed by atoms with Crippen molar-refractivity contribution in [3.8, 4) is 0 Å². The third kappa shape index (κ3) is 3.80. The van der Waals surface area contributed by atoms with Crippen molar-refractivity contribution in [2.45, 2.75) is 45.1 Å². The molecule has 1 aliphatic carbocycles. The summed E-state index contributed by atoms with van der Waals surface area (Å²) in [5.74, 6) is 0.228. The van der Waals surface area contributed by atoms with Gasteiger partial charge >= 0.3 is 0 Å². The lowest BCUT2D eigenvalue weighted by Gasteiger charge is -2.24. The van der Waals surface area contributed by atoms with Gasteiger partial charge in [0.15, 0.2) is 0 Å². The van der Waals surface area contributed by atoms with Gasteiger partial charge in [0.05, 0.1) is 6.10 Å². The van der Waals surface area contributed by atoms with Crippen molar-refractivity contribution < 1.29 is 9.90 Å². The molecular weight excluding hydrogens is 238 g/mol. The Morgan fingerprint density at radius 1 is 1.42 bits per heavy atom. The van der Waals surface area contributed by atoms with Crippen LogP contribution in [0.25, 0.3) is 0 Å². The molecular formula is C16H23NO2. The maximum atomic E-state index is 12.1. The molecule has 1 amide bonds. The molecule has 0 aromatic heterocycles. The lowest BCUT2D eigenvalue weighted by Crippen LogP contribution is -2.35. The number of hydrogen-bond acceptors (Lipinski definition) is 2. The molecule has 2 atom stereocenters. The Morgan fingerprint density at radius 3 is 2.89 bits per heavy atom. The van der Waals surface area contributed by atoms with Gasteiger partial charge in [-0.15, -0.1) is 0 Å². The van der Waals surface area contributed by atoms with E-state index >= 15 is 0 Å².